The van der Waals surface area contributed by atoms with Gasteiger partial charge in [-0.2, -0.15) is 13.2 Å². The molecule has 0 spiro atoms. The molecule has 1 saturated heterocycles. The van der Waals surface area contributed by atoms with E-state index < -0.39 is 24.9 Å². The molecule has 0 radical (unpaired) electrons. The van der Waals surface area contributed by atoms with E-state index in [-0.39, 0.29) is 12.1 Å². The molecule has 0 bridgehead atoms. The van der Waals surface area contributed by atoms with Crippen LogP contribution in [-0.2, 0) is 9.53 Å². The Morgan fingerprint density at radius 1 is 1.50 bits per heavy atom. The molecule has 0 aromatic rings. The van der Waals surface area contributed by atoms with Gasteiger partial charge in [0.15, 0.2) is 0 Å². The number of hydrogen-bond acceptors (Lipinski definition) is 3. The lowest BCUT2D eigenvalue weighted by atomic mass is 10.2. The molecule has 0 aromatic carbocycles. The average molecular weight is 240 g/mol. The van der Waals surface area contributed by atoms with Crippen LogP contribution in [0.5, 0.6) is 0 Å². The highest BCUT2D eigenvalue weighted by Gasteiger charge is 2.31. The third-order valence-electron chi connectivity index (χ3n) is 2.44. The minimum Gasteiger partial charge on any atom is -0.378 e. The maximum absolute atomic E-state index is 11.9. The van der Waals surface area contributed by atoms with E-state index in [1.54, 1.807) is 0 Å². The Morgan fingerprint density at radius 3 is 2.75 bits per heavy atom. The highest BCUT2D eigenvalue weighted by Crippen LogP contribution is 2.21. The second kappa shape index (κ2) is 5.49. The monoisotopic (exact) mass is 240 g/mol. The Labute approximate surface area is 91.5 Å². The molecule has 1 heterocycles. The summed E-state index contributed by atoms with van der Waals surface area (Å²) in [4.78, 5) is 11.2. The van der Waals surface area contributed by atoms with Crippen LogP contribution in [0.3, 0.4) is 0 Å². The van der Waals surface area contributed by atoms with Gasteiger partial charge in [-0.05, 0) is 0 Å². The number of methoxy groups -OCH3 is 1. The number of carbonyl (C=O) groups is 1. The van der Waals surface area contributed by atoms with Gasteiger partial charge in [-0.3, -0.25) is 4.79 Å². The molecule has 0 aliphatic carbocycles. The van der Waals surface area contributed by atoms with E-state index in [1.165, 1.54) is 7.11 Å². The van der Waals surface area contributed by atoms with E-state index in [0.29, 0.717) is 13.1 Å². The standard InChI is InChI=1S/C9H15F3N2O2/c1-16-7-5-13-4-6(7)14-8(15)2-3-9(10,11)12/h6-7,13H,2-5H2,1H3,(H,14,15)/t6?,7-/m0/s1. The van der Waals surface area contributed by atoms with Gasteiger partial charge in [0.25, 0.3) is 0 Å². The zero-order chi connectivity index (χ0) is 12.2. The fourth-order valence-electron chi connectivity index (χ4n) is 1.58. The highest BCUT2D eigenvalue weighted by molar-refractivity contribution is 5.76. The molecule has 94 valence electrons. The summed E-state index contributed by atoms with van der Waals surface area (Å²) in [5, 5.41) is 5.52. The fraction of sp³-hybridized carbons (Fsp3) is 0.889. The molecule has 1 unspecified atom stereocenters. The molecule has 1 rings (SSSR count). The van der Waals surface area contributed by atoms with Gasteiger partial charge in [0.1, 0.15) is 0 Å². The summed E-state index contributed by atoms with van der Waals surface area (Å²) in [6.07, 6.45) is -6.08. The SMILES string of the molecule is CO[C@H]1CNCC1NC(=O)CCC(F)(F)F. The maximum Gasteiger partial charge on any atom is 0.389 e. The van der Waals surface area contributed by atoms with Crippen LogP contribution in [0.25, 0.3) is 0 Å². The van der Waals surface area contributed by atoms with Crippen LogP contribution in [0, 0.1) is 0 Å². The van der Waals surface area contributed by atoms with Crippen molar-refractivity contribution in [2.45, 2.75) is 31.2 Å². The first-order chi connectivity index (χ1) is 7.42. The summed E-state index contributed by atoms with van der Waals surface area (Å²) in [6, 6.07) is -0.245. The van der Waals surface area contributed by atoms with Crippen LogP contribution in [0.1, 0.15) is 12.8 Å². The Hall–Kier alpha value is -0.820. The van der Waals surface area contributed by atoms with E-state index >= 15 is 0 Å². The molecule has 1 aliphatic heterocycles. The Balaban J connectivity index is 2.28. The van der Waals surface area contributed by atoms with Crippen molar-refractivity contribution in [2.75, 3.05) is 20.2 Å². The lowest BCUT2D eigenvalue weighted by molar-refractivity contribution is -0.144. The van der Waals surface area contributed by atoms with Gasteiger partial charge in [0.05, 0.1) is 18.6 Å². The van der Waals surface area contributed by atoms with Gasteiger partial charge in [0.2, 0.25) is 5.91 Å². The molecular formula is C9H15F3N2O2. The van der Waals surface area contributed by atoms with Crippen molar-refractivity contribution in [3.63, 3.8) is 0 Å². The number of halogens is 3. The van der Waals surface area contributed by atoms with Gasteiger partial charge in [0, 0.05) is 26.6 Å². The third kappa shape index (κ3) is 4.36. The van der Waals surface area contributed by atoms with Crippen molar-refractivity contribution in [3.8, 4) is 0 Å². The zero-order valence-corrected chi connectivity index (χ0v) is 8.93. The maximum atomic E-state index is 11.9. The number of alkyl halides is 3. The normalized spacial score (nSPS) is 25.8. The van der Waals surface area contributed by atoms with Gasteiger partial charge in [-0.15, -0.1) is 0 Å². The Kier molecular flexibility index (Phi) is 4.55. The summed E-state index contributed by atoms with van der Waals surface area (Å²) < 4.78 is 40.6. The summed E-state index contributed by atoms with van der Waals surface area (Å²) in [5.74, 6) is -0.590. The molecular weight excluding hydrogens is 225 g/mol. The first kappa shape index (κ1) is 13.2. The quantitative estimate of drug-likeness (QED) is 0.749. The topological polar surface area (TPSA) is 50.4 Å². The van der Waals surface area contributed by atoms with E-state index in [0.717, 1.165) is 0 Å². The van der Waals surface area contributed by atoms with Crippen LogP contribution in [-0.4, -0.2) is 44.4 Å². The largest absolute Gasteiger partial charge is 0.389 e. The highest BCUT2D eigenvalue weighted by atomic mass is 19.4. The van der Waals surface area contributed by atoms with Gasteiger partial charge < -0.3 is 15.4 Å². The first-order valence-electron chi connectivity index (χ1n) is 5.02. The van der Waals surface area contributed by atoms with Crippen molar-refractivity contribution < 1.29 is 22.7 Å². The van der Waals surface area contributed by atoms with Gasteiger partial charge in [-0.1, -0.05) is 0 Å². The molecule has 4 nitrogen and oxygen atoms in total. The smallest absolute Gasteiger partial charge is 0.378 e. The van der Waals surface area contributed by atoms with E-state index in [9.17, 15) is 18.0 Å². The molecule has 0 saturated carbocycles. The van der Waals surface area contributed by atoms with Gasteiger partial charge >= 0.3 is 6.18 Å². The van der Waals surface area contributed by atoms with Crippen molar-refractivity contribution in [1.29, 1.82) is 0 Å². The van der Waals surface area contributed by atoms with Crippen molar-refractivity contribution >= 4 is 5.91 Å². The molecule has 1 fully saturated rings. The molecule has 2 atom stereocenters. The lowest BCUT2D eigenvalue weighted by Crippen LogP contribution is -2.43. The number of ether oxygens (including phenoxy) is 1. The van der Waals surface area contributed by atoms with Gasteiger partial charge in [-0.25, -0.2) is 0 Å². The van der Waals surface area contributed by atoms with E-state index in [2.05, 4.69) is 10.6 Å². The predicted molar refractivity (Wildman–Crippen MR) is 50.9 cm³/mol. The Bertz CT molecular complexity index is 245. The minimum atomic E-state index is -4.29. The zero-order valence-electron chi connectivity index (χ0n) is 8.93. The number of nitrogens with one attached hydrogen (secondary N) is 2. The molecule has 0 aromatic heterocycles. The first-order valence-corrected chi connectivity index (χ1v) is 5.02. The molecule has 16 heavy (non-hydrogen) atoms. The van der Waals surface area contributed by atoms with Crippen LogP contribution >= 0.6 is 0 Å². The van der Waals surface area contributed by atoms with E-state index in [4.69, 9.17) is 4.74 Å². The Morgan fingerprint density at radius 2 is 2.19 bits per heavy atom. The summed E-state index contributed by atoms with van der Waals surface area (Å²) in [6.45, 7) is 1.12. The molecule has 1 amide bonds. The van der Waals surface area contributed by atoms with Crippen LogP contribution in [0.4, 0.5) is 13.2 Å². The van der Waals surface area contributed by atoms with Crippen molar-refractivity contribution in [1.82, 2.24) is 10.6 Å². The lowest BCUT2D eigenvalue weighted by Gasteiger charge is -2.18. The molecule has 7 heteroatoms. The second-order valence-corrected chi connectivity index (χ2v) is 3.72. The third-order valence-corrected chi connectivity index (χ3v) is 2.44. The van der Waals surface area contributed by atoms with Crippen LogP contribution in [0.2, 0.25) is 0 Å². The fourth-order valence-corrected chi connectivity index (χ4v) is 1.58. The number of hydrogen-bond donors (Lipinski definition) is 2. The summed E-state index contributed by atoms with van der Waals surface area (Å²) >= 11 is 0. The van der Waals surface area contributed by atoms with Crippen LogP contribution in [0.15, 0.2) is 0 Å². The number of amides is 1. The van der Waals surface area contributed by atoms with Crippen molar-refractivity contribution in [2.24, 2.45) is 0 Å². The predicted octanol–water partition coefficient (Wildman–Crippen LogP) is 0.432. The van der Waals surface area contributed by atoms with Crippen LogP contribution < -0.4 is 10.6 Å². The molecule has 2 N–H and O–H groups in total. The van der Waals surface area contributed by atoms with E-state index in [1.807, 2.05) is 0 Å². The second-order valence-electron chi connectivity index (χ2n) is 3.72. The number of carbonyl (C=O) groups excluding carboxylic acids is 1. The number of rotatable bonds is 4. The minimum absolute atomic E-state index is 0.171. The molecule has 1 aliphatic rings. The van der Waals surface area contributed by atoms with Crippen molar-refractivity contribution in [3.05, 3.63) is 0 Å². The summed E-state index contributed by atoms with van der Waals surface area (Å²) in [7, 11) is 1.51. The average Bonchev–Trinajstić information content (AvgIpc) is 2.61. The summed E-state index contributed by atoms with van der Waals surface area (Å²) in [5.41, 5.74) is 0.